The lowest BCUT2D eigenvalue weighted by atomic mass is 10.0. The summed E-state index contributed by atoms with van der Waals surface area (Å²) in [6, 6.07) is 8.33. The minimum Gasteiger partial charge on any atom is -0.398 e. The molecule has 3 N–H and O–H groups in total. The van der Waals surface area contributed by atoms with Crippen molar-refractivity contribution in [1.29, 1.82) is 5.26 Å². The van der Waals surface area contributed by atoms with E-state index in [0.29, 0.717) is 24.1 Å². The van der Waals surface area contributed by atoms with Crippen LogP contribution < -0.4 is 11.1 Å². The maximum absolute atomic E-state index is 8.79. The smallest absolute Gasteiger partial charge is 0.0670 e. The molecule has 0 fully saturated rings. The molecule has 0 saturated carbocycles. The molecule has 1 aromatic carbocycles. The van der Waals surface area contributed by atoms with Crippen molar-refractivity contribution in [2.24, 2.45) is 5.92 Å². The average molecular weight is 260 g/mol. The summed E-state index contributed by atoms with van der Waals surface area (Å²) in [5.74, 6) is 0.527. The lowest BCUT2D eigenvalue weighted by Crippen LogP contribution is -2.36. The van der Waals surface area contributed by atoms with Gasteiger partial charge in [0.1, 0.15) is 0 Å². The normalized spacial score (nSPS) is 12.5. The van der Waals surface area contributed by atoms with Crippen LogP contribution in [-0.4, -0.2) is 31.6 Å². The molecule has 0 aromatic heterocycles. The summed E-state index contributed by atoms with van der Waals surface area (Å²) in [4.78, 5) is 2.17. The second-order valence-corrected chi connectivity index (χ2v) is 5.51. The van der Waals surface area contributed by atoms with Crippen molar-refractivity contribution >= 4 is 11.4 Å². The van der Waals surface area contributed by atoms with Crippen LogP contribution in [0.5, 0.6) is 0 Å². The number of likely N-dealkylation sites (N-methyl/N-ethyl adjacent to an activating group) is 1. The summed E-state index contributed by atoms with van der Waals surface area (Å²) in [7, 11) is 4.14. The lowest BCUT2D eigenvalue weighted by molar-refractivity contribution is 0.344. The van der Waals surface area contributed by atoms with Gasteiger partial charge in [-0.15, -0.1) is 0 Å². The summed E-state index contributed by atoms with van der Waals surface area (Å²) in [5, 5.41) is 12.3. The quantitative estimate of drug-likeness (QED) is 0.770. The Labute approximate surface area is 116 Å². The third kappa shape index (κ3) is 4.80. The summed E-state index contributed by atoms with van der Waals surface area (Å²) < 4.78 is 0. The molecule has 0 heterocycles. The van der Waals surface area contributed by atoms with Crippen LogP contribution in [0.15, 0.2) is 18.2 Å². The van der Waals surface area contributed by atoms with Gasteiger partial charge in [0.15, 0.2) is 0 Å². The number of nitrogens with one attached hydrogen (secondary N) is 1. The highest BCUT2D eigenvalue weighted by atomic mass is 15.1. The lowest BCUT2D eigenvalue weighted by Gasteiger charge is -2.27. The van der Waals surface area contributed by atoms with Crippen LogP contribution in [0.2, 0.25) is 0 Å². The van der Waals surface area contributed by atoms with Crippen LogP contribution in [0.25, 0.3) is 0 Å². The van der Waals surface area contributed by atoms with E-state index >= 15 is 0 Å². The second-order valence-electron chi connectivity index (χ2n) is 5.51. The number of nitrogen functional groups attached to an aromatic ring is 1. The van der Waals surface area contributed by atoms with Gasteiger partial charge in [-0.2, -0.15) is 5.26 Å². The standard InChI is InChI=1S/C15H24N4/c1-11(2)15(10-19(3)4)18-13-5-6-14(17)12(9-13)7-8-16/h5-6,9,11,15,18H,7,10,17H2,1-4H3. The van der Waals surface area contributed by atoms with Crippen molar-refractivity contribution in [2.75, 3.05) is 31.7 Å². The average Bonchev–Trinajstić information content (AvgIpc) is 2.32. The number of nitrogens with zero attached hydrogens (tertiary/aromatic N) is 2. The number of nitrogens with two attached hydrogens (primary N) is 1. The van der Waals surface area contributed by atoms with Gasteiger partial charge in [0.25, 0.3) is 0 Å². The second kappa shape index (κ2) is 7.01. The number of benzene rings is 1. The van der Waals surface area contributed by atoms with Crippen LogP contribution >= 0.6 is 0 Å². The summed E-state index contributed by atoms with van der Waals surface area (Å²) >= 11 is 0. The van der Waals surface area contributed by atoms with Gasteiger partial charge in [-0.3, -0.25) is 0 Å². The van der Waals surface area contributed by atoms with E-state index in [1.165, 1.54) is 0 Å². The predicted molar refractivity (Wildman–Crippen MR) is 81.0 cm³/mol. The molecule has 0 radical (unpaired) electrons. The van der Waals surface area contributed by atoms with Gasteiger partial charge in [-0.25, -0.2) is 0 Å². The highest BCUT2D eigenvalue weighted by Crippen LogP contribution is 2.20. The van der Waals surface area contributed by atoms with Crippen molar-refractivity contribution in [3.63, 3.8) is 0 Å². The first kappa shape index (κ1) is 15.3. The van der Waals surface area contributed by atoms with E-state index in [-0.39, 0.29) is 0 Å². The fraction of sp³-hybridized carbons (Fsp3) is 0.533. The van der Waals surface area contributed by atoms with E-state index < -0.39 is 0 Å². The zero-order valence-corrected chi connectivity index (χ0v) is 12.3. The Balaban J connectivity index is 2.85. The summed E-state index contributed by atoms with van der Waals surface area (Å²) in [6.45, 7) is 5.37. The first-order valence-electron chi connectivity index (χ1n) is 6.60. The molecule has 104 valence electrons. The molecular formula is C15H24N4. The molecule has 0 aliphatic rings. The Hall–Kier alpha value is -1.73. The Morgan fingerprint density at radius 3 is 2.58 bits per heavy atom. The first-order chi connectivity index (χ1) is 8.93. The highest BCUT2D eigenvalue weighted by Gasteiger charge is 2.14. The predicted octanol–water partition coefficient (Wildman–Crippen LogP) is 2.33. The molecule has 19 heavy (non-hydrogen) atoms. The van der Waals surface area contributed by atoms with Crippen molar-refractivity contribution in [3.05, 3.63) is 23.8 Å². The Kier molecular flexibility index (Phi) is 5.65. The zero-order valence-electron chi connectivity index (χ0n) is 12.3. The van der Waals surface area contributed by atoms with E-state index in [1.54, 1.807) is 0 Å². The third-order valence-electron chi connectivity index (χ3n) is 3.13. The molecule has 0 saturated heterocycles. The van der Waals surface area contributed by atoms with E-state index in [4.69, 9.17) is 11.0 Å². The largest absolute Gasteiger partial charge is 0.398 e. The van der Waals surface area contributed by atoms with Crippen LogP contribution in [0.1, 0.15) is 19.4 Å². The van der Waals surface area contributed by atoms with Crippen molar-refractivity contribution in [1.82, 2.24) is 4.90 Å². The van der Waals surface area contributed by atoms with Crippen molar-refractivity contribution in [3.8, 4) is 6.07 Å². The molecule has 0 amide bonds. The molecule has 0 spiro atoms. The van der Waals surface area contributed by atoms with Crippen LogP contribution in [0, 0.1) is 17.2 Å². The van der Waals surface area contributed by atoms with Crippen molar-refractivity contribution < 1.29 is 0 Å². The molecule has 1 aromatic rings. The molecular weight excluding hydrogens is 236 g/mol. The number of hydrogen-bond acceptors (Lipinski definition) is 4. The van der Waals surface area contributed by atoms with Gasteiger partial charge in [0.2, 0.25) is 0 Å². The molecule has 1 atom stereocenters. The topological polar surface area (TPSA) is 65.1 Å². The molecule has 4 heteroatoms. The molecule has 0 aliphatic heterocycles. The SMILES string of the molecule is CC(C)C(CN(C)C)Nc1ccc(N)c(CC#N)c1. The van der Waals surface area contributed by atoms with Crippen LogP contribution in [0.4, 0.5) is 11.4 Å². The van der Waals surface area contributed by atoms with Gasteiger partial charge >= 0.3 is 0 Å². The monoisotopic (exact) mass is 260 g/mol. The molecule has 0 aliphatic carbocycles. The minimum absolute atomic E-state index is 0.349. The zero-order chi connectivity index (χ0) is 14.4. The van der Waals surface area contributed by atoms with Gasteiger partial charge in [0, 0.05) is 24.0 Å². The van der Waals surface area contributed by atoms with E-state index in [0.717, 1.165) is 17.8 Å². The Morgan fingerprint density at radius 1 is 1.37 bits per heavy atom. The number of hydrogen-bond donors (Lipinski definition) is 2. The molecule has 1 unspecified atom stereocenters. The summed E-state index contributed by atoms with van der Waals surface area (Å²) in [5.41, 5.74) is 8.46. The van der Waals surface area contributed by atoms with Gasteiger partial charge < -0.3 is 16.0 Å². The number of rotatable bonds is 6. The molecule has 0 bridgehead atoms. The fourth-order valence-electron chi connectivity index (χ4n) is 1.96. The number of nitriles is 1. The van der Waals surface area contributed by atoms with Crippen molar-refractivity contribution in [2.45, 2.75) is 26.3 Å². The van der Waals surface area contributed by atoms with E-state index in [9.17, 15) is 0 Å². The summed E-state index contributed by atoms with van der Waals surface area (Å²) in [6.07, 6.45) is 0.349. The molecule has 4 nitrogen and oxygen atoms in total. The van der Waals surface area contributed by atoms with Gasteiger partial charge in [-0.05, 0) is 43.8 Å². The Morgan fingerprint density at radius 2 is 2.05 bits per heavy atom. The Bertz CT molecular complexity index is 446. The van der Waals surface area contributed by atoms with E-state index in [2.05, 4.69) is 44.2 Å². The van der Waals surface area contributed by atoms with Gasteiger partial charge in [0.05, 0.1) is 12.5 Å². The van der Waals surface area contributed by atoms with E-state index in [1.807, 2.05) is 18.2 Å². The van der Waals surface area contributed by atoms with Gasteiger partial charge in [-0.1, -0.05) is 13.8 Å². The fourth-order valence-corrected chi connectivity index (χ4v) is 1.96. The molecule has 1 rings (SSSR count). The van der Waals surface area contributed by atoms with Crippen LogP contribution in [0.3, 0.4) is 0 Å². The number of anilines is 2. The highest BCUT2D eigenvalue weighted by molar-refractivity contribution is 5.58. The van der Waals surface area contributed by atoms with Crippen LogP contribution in [-0.2, 0) is 6.42 Å². The maximum atomic E-state index is 8.79. The third-order valence-corrected chi connectivity index (χ3v) is 3.13. The maximum Gasteiger partial charge on any atom is 0.0670 e. The first-order valence-corrected chi connectivity index (χ1v) is 6.60. The minimum atomic E-state index is 0.349.